The Morgan fingerprint density at radius 1 is 1.39 bits per heavy atom. The fourth-order valence-corrected chi connectivity index (χ4v) is 1.95. The third-order valence-corrected chi connectivity index (χ3v) is 3.13. The molecule has 1 aromatic heterocycles. The average Bonchev–Trinajstić information content (AvgIpc) is 2.45. The predicted molar refractivity (Wildman–Crippen MR) is 70.0 cm³/mol. The number of rotatable bonds is 5. The number of nitrogens with zero attached hydrogens (tertiary/aromatic N) is 2. The third kappa shape index (κ3) is 3.57. The first kappa shape index (κ1) is 13.1. The Morgan fingerprint density at radius 2 is 2.17 bits per heavy atom. The summed E-state index contributed by atoms with van der Waals surface area (Å²) < 4.78 is 11.1. The van der Waals surface area contributed by atoms with Crippen LogP contribution in [-0.2, 0) is 11.2 Å². The molecular formula is C13H21N3O2. The molecular weight excluding hydrogens is 230 g/mol. The van der Waals surface area contributed by atoms with E-state index in [1.807, 2.05) is 20.0 Å². The Hall–Kier alpha value is -1.36. The van der Waals surface area contributed by atoms with E-state index in [-0.39, 0.29) is 0 Å². The molecule has 18 heavy (non-hydrogen) atoms. The second-order valence-corrected chi connectivity index (χ2v) is 4.48. The van der Waals surface area contributed by atoms with Crippen molar-refractivity contribution < 1.29 is 9.47 Å². The Kier molecular flexibility index (Phi) is 4.75. The fraction of sp³-hybridized carbons (Fsp3) is 0.692. The molecule has 0 amide bonds. The van der Waals surface area contributed by atoms with Gasteiger partial charge in [0.1, 0.15) is 11.6 Å². The molecule has 0 saturated carbocycles. The van der Waals surface area contributed by atoms with Crippen LogP contribution < -0.4 is 10.1 Å². The minimum Gasteiger partial charge on any atom is -0.477 e. The third-order valence-electron chi connectivity index (χ3n) is 3.13. The van der Waals surface area contributed by atoms with Gasteiger partial charge in [-0.3, -0.25) is 0 Å². The molecule has 1 N–H and O–H groups in total. The molecule has 100 valence electrons. The van der Waals surface area contributed by atoms with Gasteiger partial charge in [-0.25, -0.2) is 4.98 Å². The minimum atomic E-state index is 0.580. The molecule has 0 unspecified atom stereocenters. The number of hydrogen-bond acceptors (Lipinski definition) is 5. The Morgan fingerprint density at radius 3 is 2.83 bits per heavy atom. The standard InChI is InChI=1S/C13H21N3O2/c1-3-11-15-12(14-2)8-13(16-11)18-9-10-4-6-17-7-5-10/h8,10H,3-7,9H2,1-2H3,(H,14,15,16). The second kappa shape index (κ2) is 6.54. The van der Waals surface area contributed by atoms with Crippen molar-refractivity contribution in [2.24, 2.45) is 5.92 Å². The maximum Gasteiger partial charge on any atom is 0.218 e. The molecule has 1 aromatic rings. The number of aromatic nitrogens is 2. The highest BCUT2D eigenvalue weighted by Gasteiger charge is 2.15. The smallest absolute Gasteiger partial charge is 0.218 e. The molecule has 2 rings (SSSR count). The van der Waals surface area contributed by atoms with Gasteiger partial charge in [0, 0.05) is 32.7 Å². The lowest BCUT2D eigenvalue weighted by molar-refractivity contribution is 0.0490. The van der Waals surface area contributed by atoms with E-state index in [0.29, 0.717) is 18.4 Å². The van der Waals surface area contributed by atoms with E-state index in [4.69, 9.17) is 9.47 Å². The zero-order valence-electron chi connectivity index (χ0n) is 11.1. The van der Waals surface area contributed by atoms with Crippen LogP contribution in [-0.4, -0.2) is 36.8 Å². The van der Waals surface area contributed by atoms with E-state index >= 15 is 0 Å². The molecule has 0 atom stereocenters. The topological polar surface area (TPSA) is 56.3 Å². The SMILES string of the molecule is CCc1nc(NC)cc(OCC2CCOCC2)n1. The van der Waals surface area contributed by atoms with Crippen molar-refractivity contribution >= 4 is 5.82 Å². The van der Waals surface area contributed by atoms with Crippen molar-refractivity contribution in [3.63, 3.8) is 0 Å². The summed E-state index contributed by atoms with van der Waals surface area (Å²) in [6.07, 6.45) is 2.96. The van der Waals surface area contributed by atoms with Gasteiger partial charge in [-0.05, 0) is 18.8 Å². The van der Waals surface area contributed by atoms with Gasteiger partial charge < -0.3 is 14.8 Å². The first-order valence-corrected chi connectivity index (χ1v) is 6.58. The number of nitrogens with one attached hydrogen (secondary N) is 1. The summed E-state index contributed by atoms with van der Waals surface area (Å²) in [6.45, 7) is 4.45. The normalized spacial score (nSPS) is 16.6. The van der Waals surface area contributed by atoms with E-state index in [1.54, 1.807) is 0 Å². The van der Waals surface area contributed by atoms with Crippen LogP contribution in [0.1, 0.15) is 25.6 Å². The van der Waals surface area contributed by atoms with Gasteiger partial charge in [-0.1, -0.05) is 6.92 Å². The Balaban J connectivity index is 1.94. The second-order valence-electron chi connectivity index (χ2n) is 4.48. The lowest BCUT2D eigenvalue weighted by Crippen LogP contribution is -2.21. The summed E-state index contributed by atoms with van der Waals surface area (Å²) in [5.74, 6) is 2.86. The molecule has 1 aliphatic heterocycles. The predicted octanol–water partition coefficient (Wildman–Crippen LogP) is 1.89. The highest BCUT2D eigenvalue weighted by atomic mass is 16.5. The molecule has 1 aliphatic rings. The number of anilines is 1. The van der Waals surface area contributed by atoms with E-state index in [1.165, 1.54) is 0 Å². The fourth-order valence-electron chi connectivity index (χ4n) is 1.95. The van der Waals surface area contributed by atoms with Gasteiger partial charge in [0.15, 0.2) is 0 Å². The van der Waals surface area contributed by atoms with Crippen molar-refractivity contribution in [3.8, 4) is 5.88 Å². The van der Waals surface area contributed by atoms with E-state index in [0.717, 1.165) is 44.1 Å². The summed E-state index contributed by atoms with van der Waals surface area (Å²) in [6, 6.07) is 1.85. The molecule has 0 aliphatic carbocycles. The van der Waals surface area contributed by atoms with E-state index in [2.05, 4.69) is 15.3 Å². The highest BCUT2D eigenvalue weighted by molar-refractivity contribution is 5.37. The largest absolute Gasteiger partial charge is 0.477 e. The number of hydrogen-bond donors (Lipinski definition) is 1. The van der Waals surface area contributed by atoms with Gasteiger partial charge in [-0.2, -0.15) is 4.98 Å². The average molecular weight is 251 g/mol. The van der Waals surface area contributed by atoms with E-state index < -0.39 is 0 Å². The van der Waals surface area contributed by atoms with Crippen LogP contribution in [0.4, 0.5) is 5.82 Å². The summed E-state index contributed by atoms with van der Waals surface area (Å²) in [7, 11) is 1.85. The van der Waals surface area contributed by atoms with Crippen molar-refractivity contribution in [1.29, 1.82) is 0 Å². The van der Waals surface area contributed by atoms with Crippen LogP contribution in [0.15, 0.2) is 6.07 Å². The Bertz CT molecular complexity index is 356. The van der Waals surface area contributed by atoms with Crippen LogP contribution in [0.5, 0.6) is 5.88 Å². The van der Waals surface area contributed by atoms with Gasteiger partial charge in [-0.15, -0.1) is 0 Å². The van der Waals surface area contributed by atoms with Crippen LogP contribution in [0, 0.1) is 5.92 Å². The summed E-state index contributed by atoms with van der Waals surface area (Å²) in [4.78, 5) is 8.72. The monoisotopic (exact) mass is 251 g/mol. The van der Waals surface area contributed by atoms with Gasteiger partial charge in [0.2, 0.25) is 5.88 Å². The van der Waals surface area contributed by atoms with Crippen LogP contribution in [0.2, 0.25) is 0 Å². The molecule has 0 bridgehead atoms. The quantitative estimate of drug-likeness (QED) is 0.866. The highest BCUT2D eigenvalue weighted by Crippen LogP contribution is 2.18. The van der Waals surface area contributed by atoms with Crippen LogP contribution >= 0.6 is 0 Å². The van der Waals surface area contributed by atoms with Crippen molar-refractivity contribution in [1.82, 2.24) is 9.97 Å². The van der Waals surface area contributed by atoms with Gasteiger partial charge >= 0.3 is 0 Å². The zero-order chi connectivity index (χ0) is 12.8. The van der Waals surface area contributed by atoms with Crippen molar-refractivity contribution in [2.45, 2.75) is 26.2 Å². The van der Waals surface area contributed by atoms with Crippen LogP contribution in [0.3, 0.4) is 0 Å². The first-order chi connectivity index (χ1) is 8.81. The maximum absolute atomic E-state index is 5.78. The molecule has 1 saturated heterocycles. The summed E-state index contributed by atoms with van der Waals surface area (Å²) in [5, 5.41) is 3.03. The number of aryl methyl sites for hydroxylation is 1. The molecule has 0 radical (unpaired) electrons. The maximum atomic E-state index is 5.78. The molecule has 5 heteroatoms. The molecule has 1 fully saturated rings. The lowest BCUT2D eigenvalue weighted by Gasteiger charge is -2.21. The molecule has 2 heterocycles. The Labute approximate surface area is 108 Å². The van der Waals surface area contributed by atoms with Crippen molar-refractivity contribution in [3.05, 3.63) is 11.9 Å². The zero-order valence-corrected chi connectivity index (χ0v) is 11.1. The van der Waals surface area contributed by atoms with Crippen LogP contribution in [0.25, 0.3) is 0 Å². The van der Waals surface area contributed by atoms with Gasteiger partial charge in [0.05, 0.1) is 6.61 Å². The molecule has 0 aromatic carbocycles. The number of ether oxygens (including phenoxy) is 2. The summed E-state index contributed by atoms with van der Waals surface area (Å²) >= 11 is 0. The van der Waals surface area contributed by atoms with E-state index in [9.17, 15) is 0 Å². The minimum absolute atomic E-state index is 0.580. The summed E-state index contributed by atoms with van der Waals surface area (Å²) in [5.41, 5.74) is 0. The lowest BCUT2D eigenvalue weighted by atomic mass is 10.0. The van der Waals surface area contributed by atoms with Gasteiger partial charge in [0.25, 0.3) is 0 Å². The first-order valence-electron chi connectivity index (χ1n) is 6.58. The van der Waals surface area contributed by atoms with Crippen molar-refractivity contribution in [2.75, 3.05) is 32.2 Å². The molecule has 0 spiro atoms. The molecule has 5 nitrogen and oxygen atoms in total.